The van der Waals surface area contributed by atoms with Crippen molar-refractivity contribution in [1.82, 2.24) is 4.57 Å². The van der Waals surface area contributed by atoms with Crippen LogP contribution in [0.3, 0.4) is 0 Å². The molecule has 3 aromatic heterocycles. The van der Waals surface area contributed by atoms with Crippen LogP contribution < -0.4 is 0 Å². The van der Waals surface area contributed by atoms with Crippen LogP contribution in [0.15, 0.2) is 65.0 Å². The van der Waals surface area contributed by atoms with Gasteiger partial charge in [0.2, 0.25) is 0 Å². The van der Waals surface area contributed by atoms with Gasteiger partial charge in [0.1, 0.15) is 5.00 Å². The van der Waals surface area contributed by atoms with Gasteiger partial charge in [0.25, 0.3) is 0 Å². The highest BCUT2D eigenvalue weighted by molar-refractivity contribution is 7.15. The van der Waals surface area contributed by atoms with Crippen molar-refractivity contribution in [3.8, 4) is 5.00 Å². The van der Waals surface area contributed by atoms with Gasteiger partial charge in [0.15, 0.2) is 11.6 Å². The third-order valence-corrected chi connectivity index (χ3v) is 6.15. The largest absolute Gasteiger partial charge is 0.308 e. The molecule has 1 aliphatic carbocycles. The molecule has 120 valence electrons. The van der Waals surface area contributed by atoms with E-state index in [-0.39, 0.29) is 17.1 Å². The summed E-state index contributed by atoms with van der Waals surface area (Å²) in [4.78, 5) is 25.7. The van der Waals surface area contributed by atoms with E-state index in [9.17, 15) is 9.59 Å². The number of rotatable bonds is 2. The van der Waals surface area contributed by atoms with Crippen LogP contribution in [0.1, 0.15) is 25.6 Å². The zero-order valence-electron chi connectivity index (χ0n) is 12.9. The van der Waals surface area contributed by atoms with E-state index in [2.05, 4.69) is 22.8 Å². The summed E-state index contributed by atoms with van der Waals surface area (Å²) in [6.45, 7) is 0. The number of ketones is 2. The molecule has 3 nitrogen and oxygen atoms in total. The van der Waals surface area contributed by atoms with Crippen molar-refractivity contribution in [2.75, 3.05) is 0 Å². The number of benzene rings is 1. The first-order chi connectivity index (χ1) is 12.2. The van der Waals surface area contributed by atoms with E-state index in [4.69, 9.17) is 0 Å². The second kappa shape index (κ2) is 5.37. The number of aromatic nitrogens is 1. The van der Waals surface area contributed by atoms with Gasteiger partial charge < -0.3 is 4.57 Å². The smallest absolute Gasteiger partial charge is 0.198 e. The molecule has 3 heterocycles. The van der Waals surface area contributed by atoms with Crippen LogP contribution in [0.25, 0.3) is 22.0 Å². The number of allylic oxidation sites excluding steroid dienone is 1. The van der Waals surface area contributed by atoms with E-state index in [0.717, 1.165) is 15.4 Å². The van der Waals surface area contributed by atoms with Gasteiger partial charge in [-0.2, -0.15) is 11.3 Å². The second-order valence-electron chi connectivity index (χ2n) is 5.84. The first kappa shape index (κ1) is 14.6. The van der Waals surface area contributed by atoms with Crippen molar-refractivity contribution in [3.63, 3.8) is 0 Å². The Hall–Kier alpha value is -2.76. The molecule has 0 saturated heterocycles. The average molecular weight is 361 g/mol. The minimum absolute atomic E-state index is 0.164. The first-order valence-corrected chi connectivity index (χ1v) is 9.52. The molecule has 0 N–H and O–H groups in total. The molecule has 25 heavy (non-hydrogen) atoms. The molecule has 5 rings (SSSR count). The predicted molar refractivity (Wildman–Crippen MR) is 102 cm³/mol. The first-order valence-electron chi connectivity index (χ1n) is 7.76. The van der Waals surface area contributed by atoms with Gasteiger partial charge in [-0.15, -0.1) is 11.3 Å². The zero-order valence-corrected chi connectivity index (χ0v) is 14.6. The van der Waals surface area contributed by atoms with E-state index < -0.39 is 0 Å². The lowest BCUT2D eigenvalue weighted by molar-refractivity contribution is 0.0990. The Morgan fingerprint density at radius 1 is 0.880 bits per heavy atom. The van der Waals surface area contributed by atoms with E-state index in [1.54, 1.807) is 28.2 Å². The highest BCUT2D eigenvalue weighted by Gasteiger charge is 2.33. The molecule has 1 aromatic carbocycles. The number of thiophene rings is 2. The van der Waals surface area contributed by atoms with Crippen LogP contribution >= 0.6 is 22.7 Å². The fourth-order valence-corrected chi connectivity index (χ4v) is 4.90. The summed E-state index contributed by atoms with van der Waals surface area (Å²) in [5, 5.41) is 5.74. The van der Waals surface area contributed by atoms with Crippen LogP contribution in [-0.2, 0) is 0 Å². The SMILES string of the molecule is O=C1C(=Cc2ccc(-n3ccc4ccccc43)s2)C(=O)c2cscc21. The number of hydrogen-bond donors (Lipinski definition) is 0. The monoisotopic (exact) mass is 361 g/mol. The van der Waals surface area contributed by atoms with Gasteiger partial charge in [-0.25, -0.2) is 0 Å². The van der Waals surface area contributed by atoms with Gasteiger partial charge >= 0.3 is 0 Å². The van der Waals surface area contributed by atoms with Crippen LogP contribution in [0, 0.1) is 0 Å². The second-order valence-corrected chi connectivity index (χ2v) is 7.67. The Bertz CT molecular complexity index is 1160. The van der Waals surface area contributed by atoms with Gasteiger partial charge in [-0.3, -0.25) is 9.59 Å². The fourth-order valence-electron chi connectivity index (χ4n) is 3.14. The number of para-hydroxylation sites is 1. The Balaban J connectivity index is 1.55. The molecule has 0 atom stereocenters. The number of hydrogen-bond acceptors (Lipinski definition) is 4. The third-order valence-electron chi connectivity index (χ3n) is 4.38. The molecule has 4 aromatic rings. The quantitative estimate of drug-likeness (QED) is 0.363. The third kappa shape index (κ3) is 2.17. The number of nitrogens with zero attached hydrogens (tertiary/aromatic N) is 1. The minimum Gasteiger partial charge on any atom is -0.308 e. The van der Waals surface area contributed by atoms with E-state index in [1.807, 2.05) is 30.5 Å². The summed E-state index contributed by atoms with van der Waals surface area (Å²) in [5.74, 6) is -0.328. The maximum Gasteiger partial charge on any atom is 0.198 e. The molecular formula is C20H11NO2S2. The van der Waals surface area contributed by atoms with E-state index in [0.29, 0.717) is 11.1 Å². The summed E-state index contributed by atoms with van der Waals surface area (Å²) in [6, 6.07) is 14.2. The molecule has 0 bridgehead atoms. The Kier molecular flexibility index (Phi) is 3.13. The minimum atomic E-state index is -0.164. The van der Waals surface area contributed by atoms with Crippen LogP contribution in [0.2, 0.25) is 0 Å². The number of carbonyl (C=O) groups excluding carboxylic acids is 2. The molecule has 5 heteroatoms. The molecule has 0 radical (unpaired) electrons. The summed E-state index contributed by atoms with van der Waals surface area (Å²) < 4.78 is 2.12. The number of Topliss-reactive ketones (excluding diaryl/α,β-unsaturated/α-hetero) is 2. The van der Waals surface area contributed by atoms with Crippen LogP contribution in [-0.4, -0.2) is 16.1 Å². The molecule has 0 saturated carbocycles. The summed E-state index contributed by atoms with van der Waals surface area (Å²) in [5.41, 5.74) is 2.48. The van der Waals surface area contributed by atoms with Gasteiger partial charge in [-0.1, -0.05) is 18.2 Å². The zero-order chi connectivity index (χ0) is 17.0. The lowest BCUT2D eigenvalue weighted by Gasteiger charge is -2.00. The number of fused-ring (bicyclic) bond motifs is 2. The summed E-state index contributed by atoms with van der Waals surface area (Å²) in [7, 11) is 0. The maximum atomic E-state index is 12.4. The lowest BCUT2D eigenvalue weighted by atomic mass is 10.1. The molecule has 0 unspecified atom stereocenters. The van der Waals surface area contributed by atoms with Crippen LogP contribution in [0.4, 0.5) is 0 Å². The predicted octanol–water partition coefficient (Wildman–Crippen LogP) is 5.22. The van der Waals surface area contributed by atoms with E-state index in [1.165, 1.54) is 16.7 Å². The van der Waals surface area contributed by atoms with Crippen molar-refractivity contribution in [2.24, 2.45) is 0 Å². The average Bonchev–Trinajstić information content (AvgIpc) is 3.38. The highest BCUT2D eigenvalue weighted by Crippen LogP contribution is 2.33. The molecular weight excluding hydrogens is 350 g/mol. The van der Waals surface area contributed by atoms with Crippen molar-refractivity contribution < 1.29 is 9.59 Å². The lowest BCUT2D eigenvalue weighted by Crippen LogP contribution is -2.00. The highest BCUT2D eigenvalue weighted by atomic mass is 32.1. The summed E-state index contributed by atoms with van der Waals surface area (Å²) in [6.07, 6.45) is 3.76. The van der Waals surface area contributed by atoms with Crippen molar-refractivity contribution in [2.45, 2.75) is 0 Å². The molecule has 0 aliphatic heterocycles. The molecule has 0 fully saturated rings. The topological polar surface area (TPSA) is 39.1 Å². The maximum absolute atomic E-state index is 12.4. The fraction of sp³-hybridized carbons (Fsp3) is 0. The summed E-state index contributed by atoms with van der Waals surface area (Å²) >= 11 is 2.95. The van der Waals surface area contributed by atoms with Gasteiger partial charge in [0, 0.05) is 33.0 Å². The number of carbonyl (C=O) groups is 2. The van der Waals surface area contributed by atoms with E-state index >= 15 is 0 Å². The standard InChI is InChI=1S/C20H11NO2S2/c22-19-14(20(23)16-11-24-10-15(16)19)9-13-5-6-18(25-13)21-8-7-12-3-1-2-4-17(12)21/h1-11H. The van der Waals surface area contributed by atoms with Crippen LogP contribution in [0.5, 0.6) is 0 Å². The van der Waals surface area contributed by atoms with Crippen molar-refractivity contribution in [3.05, 3.63) is 81.0 Å². The molecule has 0 amide bonds. The Morgan fingerprint density at radius 2 is 1.64 bits per heavy atom. The van der Waals surface area contributed by atoms with Crippen molar-refractivity contribution >= 4 is 51.2 Å². The molecule has 1 aliphatic rings. The van der Waals surface area contributed by atoms with Crippen molar-refractivity contribution in [1.29, 1.82) is 0 Å². The Labute approximate surface area is 151 Å². The Morgan fingerprint density at radius 3 is 2.44 bits per heavy atom. The van der Waals surface area contributed by atoms with Gasteiger partial charge in [0.05, 0.1) is 11.1 Å². The van der Waals surface area contributed by atoms with Gasteiger partial charge in [-0.05, 0) is 35.7 Å². The normalized spacial score (nSPS) is 13.7. The molecule has 0 spiro atoms.